The molecule has 8 heteroatoms. The van der Waals surface area contributed by atoms with Gasteiger partial charge in [0.1, 0.15) is 5.82 Å². The molecule has 1 heterocycles. The predicted octanol–water partition coefficient (Wildman–Crippen LogP) is 3.52. The van der Waals surface area contributed by atoms with Gasteiger partial charge in [-0.15, -0.1) is 0 Å². The van der Waals surface area contributed by atoms with E-state index in [1.807, 2.05) is 0 Å². The number of hydrogen-bond acceptors (Lipinski definition) is 3. The Kier molecular flexibility index (Phi) is 4.60. The molecule has 0 bridgehead atoms. The Balaban J connectivity index is 1.98. The van der Waals surface area contributed by atoms with Crippen LogP contribution in [0, 0.1) is 11.6 Å². The number of pyridine rings is 1. The molecule has 0 aliphatic rings. The fourth-order valence-electron chi connectivity index (χ4n) is 1.70. The average molecular weight is 318 g/mol. The number of benzene rings is 1. The summed E-state index contributed by atoms with van der Waals surface area (Å²) in [5.74, 6) is -2.01. The molecule has 0 aliphatic carbocycles. The first-order valence-corrected chi connectivity index (χ1v) is 6.17. The normalized spacial score (nSPS) is 13.0. The molecule has 0 saturated carbocycles. The number of nitrogens with zero attached hydrogens (tertiary/aromatic N) is 1. The molecule has 2 N–H and O–H groups in total. The predicted molar refractivity (Wildman–Crippen MR) is 69.0 cm³/mol. The van der Waals surface area contributed by atoms with Crippen LogP contribution in [-0.4, -0.2) is 16.6 Å². The number of alkyl halides is 3. The van der Waals surface area contributed by atoms with Crippen LogP contribution in [0.5, 0.6) is 0 Å². The maximum atomic E-state index is 13.0. The summed E-state index contributed by atoms with van der Waals surface area (Å²) in [6.45, 7) is -0.122. The van der Waals surface area contributed by atoms with E-state index in [0.29, 0.717) is 6.20 Å². The summed E-state index contributed by atoms with van der Waals surface area (Å²) in [4.78, 5) is 3.57. The lowest BCUT2D eigenvalue weighted by Crippen LogP contribution is -2.14. The second-order valence-corrected chi connectivity index (χ2v) is 4.50. The topological polar surface area (TPSA) is 45.1 Å². The van der Waals surface area contributed by atoms with Crippen LogP contribution in [0.15, 0.2) is 36.5 Å². The lowest BCUT2D eigenvalue weighted by Gasteiger charge is -2.13. The number of anilines is 1. The van der Waals surface area contributed by atoms with Crippen molar-refractivity contribution in [3.05, 3.63) is 59.3 Å². The van der Waals surface area contributed by atoms with Crippen molar-refractivity contribution in [2.24, 2.45) is 0 Å². The van der Waals surface area contributed by atoms with Crippen molar-refractivity contribution in [1.82, 2.24) is 4.98 Å². The molecule has 1 aromatic heterocycles. The van der Waals surface area contributed by atoms with E-state index in [0.717, 1.165) is 24.3 Å². The van der Waals surface area contributed by atoms with E-state index in [9.17, 15) is 27.1 Å². The minimum absolute atomic E-state index is 0.120. The second kappa shape index (κ2) is 6.27. The average Bonchev–Trinajstić information content (AvgIpc) is 2.47. The number of aliphatic hydroxyl groups is 1. The van der Waals surface area contributed by atoms with Crippen LogP contribution >= 0.6 is 0 Å². The molecule has 118 valence electrons. The Morgan fingerprint density at radius 3 is 2.36 bits per heavy atom. The van der Waals surface area contributed by atoms with Crippen molar-refractivity contribution >= 4 is 5.82 Å². The van der Waals surface area contributed by atoms with Gasteiger partial charge in [-0.25, -0.2) is 13.8 Å². The summed E-state index contributed by atoms with van der Waals surface area (Å²) < 4.78 is 62.9. The van der Waals surface area contributed by atoms with Crippen LogP contribution in [0.1, 0.15) is 17.2 Å². The number of aromatic nitrogens is 1. The van der Waals surface area contributed by atoms with Crippen LogP contribution in [-0.2, 0) is 6.18 Å². The molecule has 1 unspecified atom stereocenters. The summed E-state index contributed by atoms with van der Waals surface area (Å²) in [5.41, 5.74) is -0.752. The van der Waals surface area contributed by atoms with Gasteiger partial charge >= 0.3 is 6.18 Å². The Hall–Kier alpha value is -2.22. The van der Waals surface area contributed by atoms with E-state index < -0.39 is 29.5 Å². The number of aliphatic hydroxyl groups excluding tert-OH is 1. The van der Waals surface area contributed by atoms with Crippen molar-refractivity contribution in [1.29, 1.82) is 0 Å². The highest BCUT2D eigenvalue weighted by molar-refractivity contribution is 5.36. The van der Waals surface area contributed by atoms with Crippen LogP contribution in [0.2, 0.25) is 0 Å². The quantitative estimate of drug-likeness (QED) is 0.848. The van der Waals surface area contributed by atoms with Crippen LogP contribution < -0.4 is 5.32 Å². The number of nitrogens with one attached hydrogen (secondary N) is 1. The Labute approximate surface area is 122 Å². The molecule has 22 heavy (non-hydrogen) atoms. The Morgan fingerprint density at radius 1 is 1.09 bits per heavy atom. The highest BCUT2D eigenvalue weighted by Gasteiger charge is 2.30. The van der Waals surface area contributed by atoms with Crippen LogP contribution in [0.4, 0.5) is 27.8 Å². The van der Waals surface area contributed by atoms with Crippen molar-refractivity contribution in [3.63, 3.8) is 0 Å². The molecule has 2 aromatic rings. The standard InChI is InChI=1S/C14H11F5N2O/c15-10-3-1-8(5-11(10)16)12(22)7-21-13-4-2-9(6-20-13)14(17,18)19/h1-6,12,22H,7H2,(H,20,21). The van der Waals surface area contributed by atoms with Gasteiger partial charge in [0, 0.05) is 12.7 Å². The second-order valence-electron chi connectivity index (χ2n) is 4.50. The Morgan fingerprint density at radius 2 is 1.82 bits per heavy atom. The molecule has 3 nitrogen and oxygen atoms in total. The molecule has 0 fully saturated rings. The third-order valence-corrected chi connectivity index (χ3v) is 2.90. The highest BCUT2D eigenvalue weighted by Crippen LogP contribution is 2.28. The van der Waals surface area contributed by atoms with Gasteiger partial charge in [-0.2, -0.15) is 13.2 Å². The largest absolute Gasteiger partial charge is 0.417 e. The number of hydrogen-bond donors (Lipinski definition) is 2. The summed E-state index contributed by atoms with van der Waals surface area (Å²) in [7, 11) is 0. The summed E-state index contributed by atoms with van der Waals surface area (Å²) in [5, 5.41) is 12.4. The molecular formula is C14H11F5N2O. The lowest BCUT2D eigenvalue weighted by atomic mass is 10.1. The Bertz CT molecular complexity index is 643. The fraction of sp³-hybridized carbons (Fsp3) is 0.214. The maximum absolute atomic E-state index is 13.0. The molecule has 0 spiro atoms. The van der Waals surface area contributed by atoms with E-state index in [4.69, 9.17) is 0 Å². The van der Waals surface area contributed by atoms with Gasteiger partial charge in [-0.3, -0.25) is 0 Å². The zero-order valence-corrected chi connectivity index (χ0v) is 11.0. The molecule has 1 aromatic carbocycles. The van der Waals surface area contributed by atoms with Gasteiger partial charge in [0.2, 0.25) is 0 Å². The lowest BCUT2D eigenvalue weighted by molar-refractivity contribution is -0.137. The molecule has 0 radical (unpaired) electrons. The number of rotatable bonds is 4. The maximum Gasteiger partial charge on any atom is 0.417 e. The van der Waals surface area contributed by atoms with Crippen molar-refractivity contribution in [2.45, 2.75) is 12.3 Å². The fourth-order valence-corrected chi connectivity index (χ4v) is 1.70. The summed E-state index contributed by atoms with van der Waals surface area (Å²) in [6, 6.07) is 4.90. The third kappa shape index (κ3) is 3.91. The van der Waals surface area contributed by atoms with Crippen molar-refractivity contribution < 1.29 is 27.1 Å². The van der Waals surface area contributed by atoms with Gasteiger partial charge in [0.05, 0.1) is 11.7 Å². The number of halogens is 5. The first kappa shape index (κ1) is 16.2. The zero-order chi connectivity index (χ0) is 16.3. The van der Waals surface area contributed by atoms with Gasteiger partial charge in [0.15, 0.2) is 11.6 Å². The smallest absolute Gasteiger partial charge is 0.387 e. The molecule has 0 aliphatic heterocycles. The van der Waals surface area contributed by atoms with E-state index >= 15 is 0 Å². The van der Waals surface area contributed by atoms with Gasteiger partial charge < -0.3 is 10.4 Å². The highest BCUT2D eigenvalue weighted by atomic mass is 19.4. The van der Waals surface area contributed by atoms with Gasteiger partial charge in [-0.05, 0) is 29.8 Å². The molecule has 0 amide bonds. The van der Waals surface area contributed by atoms with Gasteiger partial charge in [0.25, 0.3) is 0 Å². The first-order chi connectivity index (χ1) is 10.3. The van der Waals surface area contributed by atoms with Crippen molar-refractivity contribution in [2.75, 3.05) is 11.9 Å². The SMILES string of the molecule is OC(CNc1ccc(C(F)(F)F)cn1)c1ccc(F)c(F)c1. The van der Waals surface area contributed by atoms with E-state index in [2.05, 4.69) is 10.3 Å². The van der Waals surface area contributed by atoms with Crippen LogP contribution in [0.3, 0.4) is 0 Å². The minimum Gasteiger partial charge on any atom is -0.387 e. The van der Waals surface area contributed by atoms with Gasteiger partial charge in [-0.1, -0.05) is 6.07 Å². The first-order valence-electron chi connectivity index (χ1n) is 6.17. The molecule has 0 saturated heterocycles. The minimum atomic E-state index is -4.48. The van der Waals surface area contributed by atoms with Crippen molar-refractivity contribution in [3.8, 4) is 0 Å². The third-order valence-electron chi connectivity index (χ3n) is 2.90. The molecule has 2 rings (SSSR count). The van der Waals surface area contributed by atoms with Crippen LogP contribution in [0.25, 0.3) is 0 Å². The monoisotopic (exact) mass is 318 g/mol. The zero-order valence-electron chi connectivity index (χ0n) is 11.0. The summed E-state index contributed by atoms with van der Waals surface area (Å²) >= 11 is 0. The summed E-state index contributed by atoms with van der Waals surface area (Å²) in [6.07, 6.45) is -4.98. The van der Waals surface area contributed by atoms with E-state index in [-0.39, 0.29) is 17.9 Å². The van der Waals surface area contributed by atoms with E-state index in [1.165, 1.54) is 6.07 Å². The molecular weight excluding hydrogens is 307 g/mol. The van der Waals surface area contributed by atoms with E-state index in [1.54, 1.807) is 0 Å². The molecule has 1 atom stereocenters.